The van der Waals surface area contributed by atoms with Gasteiger partial charge in [0, 0.05) is 39.3 Å². The van der Waals surface area contributed by atoms with Crippen LogP contribution >= 0.6 is 0 Å². The molecule has 31 heavy (non-hydrogen) atoms. The minimum atomic E-state index is -0.281. The molecule has 0 spiro atoms. The molecule has 172 valence electrons. The Morgan fingerprint density at radius 3 is 2.19 bits per heavy atom. The maximum Gasteiger partial charge on any atom is 0.237 e. The fourth-order valence-electron chi connectivity index (χ4n) is 4.80. The number of likely N-dealkylation sites (tertiary alicyclic amines) is 1. The second-order valence-electron chi connectivity index (χ2n) is 9.51. The standard InChI is InChI=1S/C24H37FN4O2/c1-17-13-18(2)15-29(14-17)23(30)16-27-9-11-28(12-10-27)20(4)24(31)26-19(3)21-5-7-22(25)8-6-21/h5-8,17-20H,9-16H2,1-4H3,(H,26,31)/t17-,18+,19-,20-/m0/s1. The van der Waals surface area contributed by atoms with Gasteiger partial charge in [0.15, 0.2) is 0 Å². The van der Waals surface area contributed by atoms with Crippen LogP contribution in [0.5, 0.6) is 0 Å². The smallest absolute Gasteiger partial charge is 0.237 e. The lowest BCUT2D eigenvalue weighted by molar-refractivity contribution is -0.136. The predicted molar refractivity (Wildman–Crippen MR) is 120 cm³/mol. The molecule has 6 nitrogen and oxygen atoms in total. The fourth-order valence-corrected chi connectivity index (χ4v) is 4.80. The van der Waals surface area contributed by atoms with Gasteiger partial charge in [0.05, 0.1) is 18.6 Å². The quantitative estimate of drug-likeness (QED) is 0.751. The molecular weight excluding hydrogens is 395 g/mol. The lowest BCUT2D eigenvalue weighted by Gasteiger charge is -2.39. The van der Waals surface area contributed by atoms with Gasteiger partial charge in [-0.1, -0.05) is 26.0 Å². The number of carbonyl (C=O) groups is 2. The average molecular weight is 433 g/mol. The summed E-state index contributed by atoms with van der Waals surface area (Å²) in [6, 6.07) is 5.79. The first kappa shape index (κ1) is 23.7. The molecule has 2 aliphatic heterocycles. The van der Waals surface area contributed by atoms with E-state index in [-0.39, 0.29) is 29.7 Å². The van der Waals surface area contributed by atoms with Crippen LogP contribution < -0.4 is 5.32 Å². The lowest BCUT2D eigenvalue weighted by Crippen LogP contribution is -2.56. The predicted octanol–water partition coefficient (Wildman–Crippen LogP) is 2.51. The van der Waals surface area contributed by atoms with Gasteiger partial charge in [0.25, 0.3) is 0 Å². The van der Waals surface area contributed by atoms with Crippen molar-refractivity contribution in [3.05, 3.63) is 35.6 Å². The van der Waals surface area contributed by atoms with Gasteiger partial charge < -0.3 is 10.2 Å². The summed E-state index contributed by atoms with van der Waals surface area (Å²) in [5, 5.41) is 3.03. The Labute approximate surface area is 185 Å². The third-order valence-corrected chi connectivity index (χ3v) is 6.64. The average Bonchev–Trinajstić information content (AvgIpc) is 2.73. The van der Waals surface area contributed by atoms with Gasteiger partial charge >= 0.3 is 0 Å². The van der Waals surface area contributed by atoms with Crippen LogP contribution in [-0.4, -0.2) is 78.4 Å². The summed E-state index contributed by atoms with van der Waals surface area (Å²) in [7, 11) is 0. The number of hydrogen-bond acceptors (Lipinski definition) is 4. The number of benzene rings is 1. The molecule has 1 N–H and O–H groups in total. The second kappa shape index (κ2) is 10.6. The number of amides is 2. The van der Waals surface area contributed by atoms with Gasteiger partial charge in [-0.15, -0.1) is 0 Å². The van der Waals surface area contributed by atoms with Gasteiger partial charge in [-0.05, 0) is 49.8 Å². The Morgan fingerprint density at radius 2 is 1.61 bits per heavy atom. The topological polar surface area (TPSA) is 55.9 Å². The maximum absolute atomic E-state index is 13.1. The molecule has 3 rings (SSSR count). The molecule has 4 atom stereocenters. The van der Waals surface area contributed by atoms with Crippen molar-refractivity contribution in [3.8, 4) is 0 Å². The summed E-state index contributed by atoms with van der Waals surface area (Å²) in [6.45, 7) is 13.6. The molecule has 2 aliphatic rings. The highest BCUT2D eigenvalue weighted by Gasteiger charge is 2.30. The first-order valence-electron chi connectivity index (χ1n) is 11.5. The highest BCUT2D eigenvalue weighted by Crippen LogP contribution is 2.21. The van der Waals surface area contributed by atoms with Gasteiger partial charge in [-0.3, -0.25) is 19.4 Å². The van der Waals surface area contributed by atoms with Gasteiger partial charge in [0.2, 0.25) is 11.8 Å². The van der Waals surface area contributed by atoms with E-state index in [1.54, 1.807) is 12.1 Å². The molecule has 2 heterocycles. The van der Waals surface area contributed by atoms with Crippen LogP contribution in [0, 0.1) is 17.7 Å². The van der Waals surface area contributed by atoms with Crippen molar-refractivity contribution in [2.45, 2.75) is 46.2 Å². The van der Waals surface area contributed by atoms with Crippen LogP contribution in [0.25, 0.3) is 0 Å². The summed E-state index contributed by atoms with van der Waals surface area (Å²) in [5.41, 5.74) is 0.881. The van der Waals surface area contributed by atoms with Crippen molar-refractivity contribution in [2.24, 2.45) is 11.8 Å². The molecule has 7 heteroatoms. The van der Waals surface area contributed by atoms with E-state index in [9.17, 15) is 14.0 Å². The van der Waals surface area contributed by atoms with Crippen LogP contribution in [0.1, 0.15) is 45.7 Å². The molecule has 0 aliphatic carbocycles. The molecule has 2 amide bonds. The zero-order valence-electron chi connectivity index (χ0n) is 19.3. The van der Waals surface area contributed by atoms with Crippen LogP contribution in [0.4, 0.5) is 4.39 Å². The highest BCUT2D eigenvalue weighted by atomic mass is 19.1. The van der Waals surface area contributed by atoms with Crippen molar-refractivity contribution < 1.29 is 14.0 Å². The van der Waals surface area contributed by atoms with Crippen LogP contribution in [-0.2, 0) is 9.59 Å². The van der Waals surface area contributed by atoms with Gasteiger partial charge in [-0.25, -0.2) is 4.39 Å². The largest absolute Gasteiger partial charge is 0.348 e. The fraction of sp³-hybridized carbons (Fsp3) is 0.667. The Balaban J connectivity index is 1.43. The molecule has 1 aromatic carbocycles. The summed E-state index contributed by atoms with van der Waals surface area (Å²) in [4.78, 5) is 31.9. The molecule has 0 radical (unpaired) electrons. The molecule has 0 aromatic heterocycles. The van der Waals surface area contributed by atoms with E-state index in [2.05, 4.69) is 29.0 Å². The Hall–Kier alpha value is -1.99. The van der Waals surface area contributed by atoms with Crippen molar-refractivity contribution in [1.82, 2.24) is 20.0 Å². The van der Waals surface area contributed by atoms with Crippen LogP contribution in [0.2, 0.25) is 0 Å². The summed E-state index contributed by atoms with van der Waals surface area (Å²) in [6.07, 6.45) is 1.20. The first-order chi connectivity index (χ1) is 14.7. The number of nitrogens with zero attached hydrogens (tertiary/aromatic N) is 3. The van der Waals surface area contributed by atoms with E-state index in [4.69, 9.17) is 0 Å². The third kappa shape index (κ3) is 6.50. The van der Waals surface area contributed by atoms with Gasteiger partial charge in [-0.2, -0.15) is 0 Å². The van der Waals surface area contributed by atoms with Crippen molar-refractivity contribution in [1.29, 1.82) is 0 Å². The number of piperidine rings is 1. The number of halogens is 1. The number of rotatable bonds is 6. The van der Waals surface area contributed by atoms with E-state index >= 15 is 0 Å². The molecule has 0 bridgehead atoms. The third-order valence-electron chi connectivity index (χ3n) is 6.64. The molecule has 2 saturated heterocycles. The van der Waals surface area contributed by atoms with Crippen LogP contribution in [0.15, 0.2) is 24.3 Å². The van der Waals surface area contributed by atoms with Gasteiger partial charge in [0.1, 0.15) is 5.82 Å². The zero-order chi connectivity index (χ0) is 22.5. The SMILES string of the molecule is C[C@@H]1C[C@H](C)CN(C(=O)CN2CCN([C@@H](C)C(=O)N[C@@H](C)c3ccc(F)cc3)CC2)C1. The zero-order valence-corrected chi connectivity index (χ0v) is 19.3. The number of piperazine rings is 1. The van der Waals surface area contributed by atoms with Crippen molar-refractivity contribution >= 4 is 11.8 Å². The minimum Gasteiger partial charge on any atom is -0.348 e. The number of carbonyl (C=O) groups excluding carboxylic acids is 2. The Bertz CT molecular complexity index is 738. The van der Waals surface area contributed by atoms with E-state index in [1.165, 1.54) is 18.6 Å². The molecular formula is C24H37FN4O2. The number of nitrogens with one attached hydrogen (secondary N) is 1. The summed E-state index contributed by atoms with van der Waals surface area (Å²) < 4.78 is 13.1. The maximum atomic E-state index is 13.1. The molecule has 2 fully saturated rings. The van der Waals surface area contributed by atoms with Crippen LogP contribution in [0.3, 0.4) is 0 Å². The molecule has 0 unspecified atom stereocenters. The number of hydrogen-bond donors (Lipinski definition) is 1. The lowest BCUT2D eigenvalue weighted by atomic mass is 9.92. The van der Waals surface area contributed by atoms with Crippen molar-refractivity contribution in [3.63, 3.8) is 0 Å². The van der Waals surface area contributed by atoms with E-state index in [0.29, 0.717) is 18.4 Å². The molecule has 0 saturated carbocycles. The first-order valence-corrected chi connectivity index (χ1v) is 11.5. The Morgan fingerprint density at radius 1 is 1.03 bits per heavy atom. The summed E-state index contributed by atoms with van der Waals surface area (Å²) in [5.74, 6) is 1.06. The minimum absolute atomic E-state index is 0.0300. The monoisotopic (exact) mass is 432 g/mol. The summed E-state index contributed by atoms with van der Waals surface area (Å²) >= 11 is 0. The van der Waals surface area contributed by atoms with E-state index in [1.807, 2.05) is 18.7 Å². The second-order valence-corrected chi connectivity index (χ2v) is 9.51. The molecule has 1 aromatic rings. The van der Waals surface area contributed by atoms with Crippen molar-refractivity contribution in [2.75, 3.05) is 45.8 Å². The van der Waals surface area contributed by atoms with E-state index in [0.717, 1.165) is 44.8 Å². The van der Waals surface area contributed by atoms with E-state index < -0.39 is 0 Å². The highest BCUT2D eigenvalue weighted by molar-refractivity contribution is 5.81. The normalized spacial score (nSPS) is 25.1. The Kier molecular flexibility index (Phi) is 8.06.